The molecule has 0 saturated carbocycles. The van der Waals surface area contributed by atoms with Crippen LogP contribution in [0.15, 0.2) is 89.8 Å². The van der Waals surface area contributed by atoms with Gasteiger partial charge in [0.25, 0.3) is 0 Å². The Kier molecular flexibility index (Phi) is 7.83. The summed E-state index contributed by atoms with van der Waals surface area (Å²) in [4.78, 5) is 0. The van der Waals surface area contributed by atoms with Gasteiger partial charge in [-0.05, 0) is 68.7 Å². The van der Waals surface area contributed by atoms with Crippen LogP contribution in [0.2, 0.25) is 0 Å². The minimum Gasteiger partial charge on any atom is -0.0875 e. The molecular formula is C38H42B2. The smallest absolute Gasteiger partial charge is 0.0875 e. The third kappa shape index (κ3) is 5.42. The molecule has 1 aliphatic rings. The summed E-state index contributed by atoms with van der Waals surface area (Å²) in [6, 6.07) is 25.6. The van der Waals surface area contributed by atoms with E-state index < -0.39 is 0 Å². The summed E-state index contributed by atoms with van der Waals surface area (Å²) >= 11 is 0. The minimum atomic E-state index is 0.244. The summed E-state index contributed by atoms with van der Waals surface area (Å²) in [6.45, 7) is 20.7. The van der Waals surface area contributed by atoms with Crippen molar-refractivity contribution < 1.29 is 0 Å². The van der Waals surface area contributed by atoms with Crippen LogP contribution in [0.1, 0.15) is 56.5 Å². The van der Waals surface area contributed by atoms with Crippen LogP contribution in [0.5, 0.6) is 0 Å². The molecule has 0 amide bonds. The molecule has 0 N–H and O–H groups in total. The van der Waals surface area contributed by atoms with Gasteiger partial charge in [0.05, 0.1) is 0 Å². The minimum absolute atomic E-state index is 0.244. The van der Waals surface area contributed by atoms with Gasteiger partial charge in [-0.2, -0.15) is 0 Å². The summed E-state index contributed by atoms with van der Waals surface area (Å²) in [5.74, 6) is 0. The molecule has 0 fully saturated rings. The first kappa shape index (κ1) is 28.0. The molecule has 0 radical (unpaired) electrons. The predicted octanol–water partition coefficient (Wildman–Crippen LogP) is 6.72. The van der Waals surface area contributed by atoms with E-state index in [0.717, 1.165) is 6.42 Å². The van der Waals surface area contributed by atoms with Gasteiger partial charge in [0.15, 0.2) is 0 Å². The molecule has 0 atom stereocenters. The van der Waals surface area contributed by atoms with Crippen LogP contribution in [0.4, 0.5) is 0 Å². The number of rotatable bonds is 6. The lowest BCUT2D eigenvalue weighted by Crippen LogP contribution is -2.49. The first-order valence-corrected chi connectivity index (χ1v) is 14.7. The maximum Gasteiger partial charge on any atom is 0.238 e. The molecule has 0 spiro atoms. The van der Waals surface area contributed by atoms with E-state index in [2.05, 4.69) is 141 Å². The summed E-state index contributed by atoms with van der Waals surface area (Å²) in [6.07, 6.45) is 5.86. The zero-order valence-electron chi connectivity index (χ0n) is 25.9. The molecule has 0 nitrogen and oxygen atoms in total. The van der Waals surface area contributed by atoms with Gasteiger partial charge in [-0.25, -0.2) is 0 Å². The first-order chi connectivity index (χ1) is 19.0. The molecule has 0 unspecified atom stereocenters. The summed E-state index contributed by atoms with van der Waals surface area (Å²) in [7, 11) is 0. The maximum atomic E-state index is 2.44. The van der Waals surface area contributed by atoms with E-state index in [9.17, 15) is 0 Å². The van der Waals surface area contributed by atoms with Crippen LogP contribution < -0.4 is 21.9 Å². The van der Waals surface area contributed by atoms with Gasteiger partial charge >= 0.3 is 0 Å². The molecule has 5 rings (SSSR count). The van der Waals surface area contributed by atoms with E-state index in [1.165, 1.54) is 82.9 Å². The Morgan fingerprint density at radius 3 is 1.35 bits per heavy atom. The quantitative estimate of drug-likeness (QED) is 0.248. The topological polar surface area (TPSA) is 0 Å². The number of hydrogen-bond acceptors (Lipinski definition) is 0. The highest BCUT2D eigenvalue weighted by molar-refractivity contribution is 6.94. The highest BCUT2D eigenvalue weighted by Crippen LogP contribution is 2.27. The average molecular weight is 520 g/mol. The fourth-order valence-corrected chi connectivity index (χ4v) is 7.27. The third-order valence-electron chi connectivity index (χ3n) is 8.86. The van der Waals surface area contributed by atoms with E-state index in [4.69, 9.17) is 0 Å². The van der Waals surface area contributed by atoms with Crippen molar-refractivity contribution in [2.24, 2.45) is 0 Å². The molecule has 4 aromatic rings. The largest absolute Gasteiger partial charge is 0.238 e. The van der Waals surface area contributed by atoms with Crippen molar-refractivity contribution in [1.29, 1.82) is 0 Å². The highest BCUT2D eigenvalue weighted by Gasteiger charge is 2.34. The Bertz CT molecular complexity index is 1600. The summed E-state index contributed by atoms with van der Waals surface area (Å²) in [5, 5.41) is 0. The molecule has 0 aliphatic heterocycles. The van der Waals surface area contributed by atoms with Gasteiger partial charge in [-0.3, -0.25) is 0 Å². The molecule has 2 heteroatoms. The van der Waals surface area contributed by atoms with Crippen LogP contribution >= 0.6 is 0 Å². The van der Waals surface area contributed by atoms with Gasteiger partial charge in [-0.1, -0.05) is 162 Å². The number of allylic oxidation sites excluding steroid dienone is 4. The van der Waals surface area contributed by atoms with Crippen molar-refractivity contribution in [3.8, 4) is 0 Å². The second-order valence-corrected chi connectivity index (χ2v) is 12.4. The lowest BCUT2D eigenvalue weighted by atomic mass is 9.31. The average Bonchev–Trinajstić information content (AvgIpc) is 3.34. The van der Waals surface area contributed by atoms with Crippen LogP contribution in [-0.2, 0) is 0 Å². The Morgan fingerprint density at radius 1 is 0.425 bits per heavy atom. The van der Waals surface area contributed by atoms with Gasteiger partial charge in [0.2, 0.25) is 13.4 Å². The standard InChI is InChI=1S/C38H42B2/c1-24-10-13-33(14-11-24)39(37-29(6)19-26(3)20-30(37)7)34-15-16-35(23-34)40(36-17-12-25(2)18-28(36)5)38-31(8)21-27(4)22-32(38)9/h10-22H,23H2,1-9H3. The van der Waals surface area contributed by atoms with Crippen molar-refractivity contribution >= 4 is 35.3 Å². The zero-order chi connectivity index (χ0) is 28.7. The fourth-order valence-electron chi connectivity index (χ4n) is 7.27. The van der Waals surface area contributed by atoms with E-state index >= 15 is 0 Å². The zero-order valence-corrected chi connectivity index (χ0v) is 25.9. The number of aryl methyl sites for hydroxylation is 9. The molecular weight excluding hydrogens is 478 g/mol. The number of hydrogen-bond donors (Lipinski definition) is 0. The number of benzene rings is 4. The summed E-state index contributed by atoms with van der Waals surface area (Å²) < 4.78 is 0. The van der Waals surface area contributed by atoms with Crippen LogP contribution in [0.25, 0.3) is 0 Å². The molecule has 40 heavy (non-hydrogen) atoms. The van der Waals surface area contributed by atoms with E-state index in [-0.39, 0.29) is 13.4 Å². The molecule has 0 heterocycles. The van der Waals surface area contributed by atoms with E-state index in [0.29, 0.717) is 0 Å². The Labute approximate surface area is 243 Å². The van der Waals surface area contributed by atoms with Crippen molar-refractivity contribution in [3.63, 3.8) is 0 Å². The van der Waals surface area contributed by atoms with Gasteiger partial charge < -0.3 is 0 Å². The first-order valence-electron chi connectivity index (χ1n) is 14.7. The van der Waals surface area contributed by atoms with Crippen LogP contribution in [-0.4, -0.2) is 13.4 Å². The van der Waals surface area contributed by atoms with Gasteiger partial charge in [-0.15, -0.1) is 0 Å². The molecule has 200 valence electrons. The van der Waals surface area contributed by atoms with Crippen molar-refractivity contribution in [2.75, 3.05) is 0 Å². The third-order valence-corrected chi connectivity index (χ3v) is 8.86. The van der Waals surface area contributed by atoms with Crippen LogP contribution in [0.3, 0.4) is 0 Å². The van der Waals surface area contributed by atoms with Gasteiger partial charge in [0, 0.05) is 0 Å². The maximum absolute atomic E-state index is 2.44. The lowest BCUT2D eigenvalue weighted by molar-refractivity contribution is 1.31. The molecule has 4 aromatic carbocycles. The predicted molar refractivity (Wildman–Crippen MR) is 179 cm³/mol. The molecule has 0 saturated heterocycles. The monoisotopic (exact) mass is 520 g/mol. The Hall–Kier alpha value is -3.51. The fraction of sp³-hybridized carbons (Fsp3) is 0.263. The normalized spacial score (nSPS) is 12.8. The SMILES string of the molecule is Cc1ccc(B(C2=CC=C(B(c3ccc(C)cc3C)c3c(C)cc(C)cc3C)C2)c2c(C)cc(C)cc2C)cc1. The van der Waals surface area contributed by atoms with Gasteiger partial charge in [0.1, 0.15) is 0 Å². The van der Waals surface area contributed by atoms with Crippen molar-refractivity contribution in [2.45, 2.75) is 68.7 Å². The van der Waals surface area contributed by atoms with E-state index in [1.807, 2.05) is 0 Å². The molecule has 0 aromatic heterocycles. The second kappa shape index (κ2) is 11.2. The Morgan fingerprint density at radius 2 is 0.850 bits per heavy atom. The Balaban J connectivity index is 1.63. The lowest BCUT2D eigenvalue weighted by Gasteiger charge is -2.26. The van der Waals surface area contributed by atoms with Crippen LogP contribution in [0, 0.1) is 62.3 Å². The van der Waals surface area contributed by atoms with Crippen molar-refractivity contribution in [3.05, 3.63) is 140 Å². The second-order valence-electron chi connectivity index (χ2n) is 12.4. The molecule has 0 bridgehead atoms. The van der Waals surface area contributed by atoms with E-state index in [1.54, 1.807) is 0 Å². The summed E-state index contributed by atoms with van der Waals surface area (Å²) in [5.41, 5.74) is 20.9. The molecule has 1 aliphatic carbocycles. The highest BCUT2D eigenvalue weighted by atomic mass is 14.2. The van der Waals surface area contributed by atoms with Crippen molar-refractivity contribution in [1.82, 2.24) is 0 Å².